The van der Waals surface area contributed by atoms with E-state index in [1.807, 2.05) is 38.1 Å². The average Bonchev–Trinajstić information content (AvgIpc) is 2.77. The molecule has 0 saturated carbocycles. The Labute approximate surface area is 195 Å². The maximum Gasteiger partial charge on any atom is 0.264 e. The van der Waals surface area contributed by atoms with Crippen molar-refractivity contribution in [1.82, 2.24) is 5.32 Å². The molecule has 0 aliphatic heterocycles. The van der Waals surface area contributed by atoms with Crippen molar-refractivity contribution in [2.75, 3.05) is 10.8 Å². The summed E-state index contributed by atoms with van der Waals surface area (Å²) < 4.78 is 27.9. The molecule has 0 aliphatic rings. The number of hydrogen-bond acceptors (Lipinski definition) is 3. The summed E-state index contributed by atoms with van der Waals surface area (Å²) in [6, 6.07) is 20.7. The van der Waals surface area contributed by atoms with Crippen LogP contribution < -0.4 is 9.62 Å². The van der Waals surface area contributed by atoms with Crippen LogP contribution in [0, 0.1) is 6.92 Å². The Bertz CT molecular complexity index is 1180. The molecule has 0 spiro atoms. The van der Waals surface area contributed by atoms with Gasteiger partial charge in [0.05, 0.1) is 16.6 Å². The molecule has 7 heteroatoms. The molecule has 0 saturated heterocycles. The van der Waals surface area contributed by atoms with Crippen LogP contribution in [0.5, 0.6) is 0 Å². The fourth-order valence-electron chi connectivity index (χ4n) is 3.33. The van der Waals surface area contributed by atoms with E-state index in [1.165, 1.54) is 23.8 Å². The molecule has 3 rings (SSSR count). The third-order valence-corrected chi connectivity index (χ3v) is 7.28. The molecule has 1 amide bonds. The molecule has 0 heterocycles. The third kappa shape index (κ3) is 5.69. The lowest BCUT2D eigenvalue weighted by atomic mass is 10.1. The number of carbonyl (C=O) groups is 1. The fraction of sp³-hybridized carbons (Fsp3) is 0.240. The van der Waals surface area contributed by atoms with Gasteiger partial charge in [-0.1, -0.05) is 66.6 Å². The molecular formula is C25H27ClN2O3S. The summed E-state index contributed by atoms with van der Waals surface area (Å²) in [7, 11) is -3.98. The molecule has 0 aliphatic carbocycles. The number of aryl methyl sites for hydroxylation is 2. The monoisotopic (exact) mass is 470 g/mol. The summed E-state index contributed by atoms with van der Waals surface area (Å²) in [4.78, 5) is 13.0. The van der Waals surface area contributed by atoms with Gasteiger partial charge < -0.3 is 5.32 Å². The predicted octanol–water partition coefficient (Wildman–Crippen LogP) is 5.28. The summed E-state index contributed by atoms with van der Waals surface area (Å²) in [5.74, 6) is -0.410. The Morgan fingerprint density at radius 2 is 1.69 bits per heavy atom. The summed E-state index contributed by atoms with van der Waals surface area (Å²) >= 11 is 6.11. The van der Waals surface area contributed by atoms with Gasteiger partial charge in [0.1, 0.15) is 6.54 Å². The molecule has 1 N–H and O–H groups in total. The van der Waals surface area contributed by atoms with Crippen LogP contribution in [-0.2, 0) is 21.2 Å². The molecule has 32 heavy (non-hydrogen) atoms. The summed E-state index contributed by atoms with van der Waals surface area (Å²) in [5, 5.41) is 3.29. The number of carbonyl (C=O) groups excluding carboxylic acids is 1. The Balaban J connectivity index is 1.86. The minimum absolute atomic E-state index is 0.110. The quantitative estimate of drug-likeness (QED) is 0.486. The summed E-state index contributed by atoms with van der Waals surface area (Å²) in [5.41, 5.74) is 3.43. The second kappa shape index (κ2) is 10.2. The third-order valence-electron chi connectivity index (χ3n) is 5.26. The Morgan fingerprint density at radius 3 is 2.28 bits per heavy atom. The molecule has 0 bridgehead atoms. The molecule has 0 radical (unpaired) electrons. The largest absolute Gasteiger partial charge is 0.348 e. The first-order chi connectivity index (χ1) is 15.2. The maximum absolute atomic E-state index is 13.4. The number of rotatable bonds is 8. The van der Waals surface area contributed by atoms with Crippen LogP contribution in [0.4, 0.5) is 5.69 Å². The van der Waals surface area contributed by atoms with Gasteiger partial charge in [-0.3, -0.25) is 9.10 Å². The van der Waals surface area contributed by atoms with E-state index < -0.39 is 15.9 Å². The minimum atomic E-state index is -3.98. The molecule has 168 valence electrons. The first kappa shape index (κ1) is 23.8. The van der Waals surface area contributed by atoms with E-state index in [4.69, 9.17) is 11.6 Å². The number of amides is 1. The van der Waals surface area contributed by atoms with Crippen molar-refractivity contribution >= 4 is 33.2 Å². The highest BCUT2D eigenvalue weighted by Gasteiger charge is 2.28. The highest BCUT2D eigenvalue weighted by atomic mass is 35.5. The first-order valence-corrected chi connectivity index (χ1v) is 12.3. The van der Waals surface area contributed by atoms with Crippen LogP contribution in [0.1, 0.15) is 36.6 Å². The normalized spacial score (nSPS) is 12.2. The van der Waals surface area contributed by atoms with E-state index in [0.29, 0.717) is 10.7 Å². The number of halogens is 1. The number of sulfonamides is 1. The molecule has 3 aromatic rings. The second-order valence-electron chi connectivity index (χ2n) is 7.69. The fourth-order valence-corrected chi connectivity index (χ4v) is 4.92. The number of benzene rings is 3. The van der Waals surface area contributed by atoms with Crippen LogP contribution in [0.3, 0.4) is 0 Å². The molecule has 5 nitrogen and oxygen atoms in total. The average molecular weight is 471 g/mol. The lowest BCUT2D eigenvalue weighted by molar-refractivity contribution is -0.120. The van der Waals surface area contributed by atoms with Gasteiger partial charge in [-0.15, -0.1) is 0 Å². The Morgan fingerprint density at radius 1 is 1.03 bits per heavy atom. The number of anilines is 1. The van der Waals surface area contributed by atoms with Crippen molar-refractivity contribution in [3.8, 4) is 0 Å². The highest BCUT2D eigenvalue weighted by Crippen LogP contribution is 2.26. The number of nitrogens with zero attached hydrogens (tertiary/aromatic N) is 1. The SMILES string of the molecule is CCc1ccc([C@@H](C)NC(=O)CN(c2cccc(Cl)c2)S(=O)(=O)c2ccc(C)cc2)cc1. The van der Waals surface area contributed by atoms with Gasteiger partial charge in [-0.05, 0) is 61.7 Å². The van der Waals surface area contributed by atoms with Crippen molar-refractivity contribution in [2.24, 2.45) is 0 Å². The molecule has 0 unspecified atom stereocenters. The van der Waals surface area contributed by atoms with Gasteiger partial charge in [-0.2, -0.15) is 0 Å². The van der Waals surface area contributed by atoms with E-state index in [1.54, 1.807) is 30.3 Å². The Kier molecular flexibility index (Phi) is 7.59. The van der Waals surface area contributed by atoms with Gasteiger partial charge in [0, 0.05) is 5.02 Å². The van der Waals surface area contributed by atoms with Crippen molar-refractivity contribution in [2.45, 2.75) is 38.1 Å². The minimum Gasteiger partial charge on any atom is -0.348 e. The van der Waals surface area contributed by atoms with E-state index in [2.05, 4.69) is 12.2 Å². The zero-order valence-corrected chi connectivity index (χ0v) is 20.0. The van der Waals surface area contributed by atoms with E-state index in [0.717, 1.165) is 21.9 Å². The number of nitrogens with one attached hydrogen (secondary N) is 1. The van der Waals surface area contributed by atoms with E-state index in [9.17, 15) is 13.2 Å². The van der Waals surface area contributed by atoms with Crippen molar-refractivity contribution in [1.29, 1.82) is 0 Å². The van der Waals surface area contributed by atoms with Gasteiger partial charge >= 0.3 is 0 Å². The van der Waals surface area contributed by atoms with Gasteiger partial charge in [0.25, 0.3) is 10.0 Å². The van der Waals surface area contributed by atoms with Gasteiger partial charge in [0.15, 0.2) is 0 Å². The van der Waals surface area contributed by atoms with Crippen molar-refractivity contribution in [3.05, 3.63) is 94.5 Å². The predicted molar refractivity (Wildman–Crippen MR) is 130 cm³/mol. The van der Waals surface area contributed by atoms with Gasteiger partial charge in [0.2, 0.25) is 5.91 Å². The molecule has 0 aromatic heterocycles. The highest BCUT2D eigenvalue weighted by molar-refractivity contribution is 7.92. The van der Waals surface area contributed by atoms with Crippen LogP contribution in [0.2, 0.25) is 5.02 Å². The van der Waals surface area contributed by atoms with Crippen LogP contribution in [0.25, 0.3) is 0 Å². The van der Waals surface area contributed by atoms with Crippen LogP contribution in [0.15, 0.2) is 77.7 Å². The maximum atomic E-state index is 13.4. The van der Waals surface area contributed by atoms with Crippen LogP contribution >= 0.6 is 11.6 Å². The number of hydrogen-bond donors (Lipinski definition) is 1. The summed E-state index contributed by atoms with van der Waals surface area (Å²) in [6.07, 6.45) is 0.937. The molecular weight excluding hydrogens is 444 g/mol. The molecule has 1 atom stereocenters. The van der Waals surface area contributed by atoms with Crippen molar-refractivity contribution in [3.63, 3.8) is 0 Å². The Hall–Kier alpha value is -2.83. The topological polar surface area (TPSA) is 66.5 Å². The van der Waals surface area contributed by atoms with E-state index in [-0.39, 0.29) is 17.5 Å². The van der Waals surface area contributed by atoms with E-state index >= 15 is 0 Å². The van der Waals surface area contributed by atoms with Gasteiger partial charge in [-0.25, -0.2) is 8.42 Å². The zero-order chi connectivity index (χ0) is 23.3. The summed E-state index contributed by atoms with van der Waals surface area (Å²) in [6.45, 7) is 5.47. The molecule has 0 fully saturated rings. The van der Waals surface area contributed by atoms with Crippen molar-refractivity contribution < 1.29 is 13.2 Å². The zero-order valence-electron chi connectivity index (χ0n) is 18.4. The molecule has 3 aromatic carbocycles. The lowest BCUT2D eigenvalue weighted by Gasteiger charge is -2.25. The lowest BCUT2D eigenvalue weighted by Crippen LogP contribution is -2.41. The first-order valence-electron chi connectivity index (χ1n) is 10.4. The smallest absolute Gasteiger partial charge is 0.264 e. The standard InChI is InChI=1S/C25H27ClN2O3S/c1-4-20-10-12-21(13-11-20)19(3)27-25(29)17-28(23-7-5-6-22(26)16-23)32(30,31)24-14-8-18(2)9-15-24/h5-16,19H,4,17H2,1-3H3,(H,27,29)/t19-/m1/s1. The van der Waals surface area contributed by atoms with Crippen LogP contribution in [-0.4, -0.2) is 20.9 Å². The second-order valence-corrected chi connectivity index (χ2v) is 9.99.